The van der Waals surface area contributed by atoms with Crippen LogP contribution in [0.2, 0.25) is 0 Å². The molecule has 2 N–H and O–H groups in total. The zero-order chi connectivity index (χ0) is 12.8. The molecule has 0 aliphatic carbocycles. The summed E-state index contributed by atoms with van der Waals surface area (Å²) in [5.41, 5.74) is 0.255. The lowest BCUT2D eigenvalue weighted by molar-refractivity contribution is 0.0286. The van der Waals surface area contributed by atoms with Gasteiger partial charge in [0, 0.05) is 32.8 Å². The van der Waals surface area contributed by atoms with E-state index in [1.807, 2.05) is 0 Å². The molecular formula is C11H17N3O4. The van der Waals surface area contributed by atoms with Crippen molar-refractivity contribution < 1.29 is 18.8 Å². The number of aromatic nitrogens is 1. The first kappa shape index (κ1) is 13.0. The fraction of sp³-hybridized carbons (Fsp3) is 0.636. The monoisotopic (exact) mass is 255 g/mol. The Kier molecular flexibility index (Phi) is 4.68. The van der Waals surface area contributed by atoms with Crippen LogP contribution < -0.4 is 10.6 Å². The van der Waals surface area contributed by atoms with Crippen molar-refractivity contribution in [2.75, 3.05) is 33.4 Å². The second-order valence-corrected chi connectivity index (χ2v) is 4.02. The highest BCUT2D eigenvalue weighted by molar-refractivity contribution is 5.92. The van der Waals surface area contributed by atoms with Crippen molar-refractivity contribution in [2.24, 2.45) is 0 Å². The third-order valence-corrected chi connectivity index (χ3v) is 2.57. The minimum absolute atomic E-state index is 0.00745. The molecule has 18 heavy (non-hydrogen) atoms. The van der Waals surface area contributed by atoms with Crippen molar-refractivity contribution in [3.05, 3.63) is 17.5 Å². The summed E-state index contributed by atoms with van der Waals surface area (Å²) in [4.78, 5) is 11.8. The highest BCUT2D eigenvalue weighted by atomic mass is 16.5. The molecule has 100 valence electrons. The summed E-state index contributed by atoms with van der Waals surface area (Å²) in [7, 11) is 1.55. The highest BCUT2D eigenvalue weighted by Crippen LogP contribution is 2.04. The molecule has 2 rings (SSSR count). The van der Waals surface area contributed by atoms with Gasteiger partial charge in [0.2, 0.25) is 0 Å². The van der Waals surface area contributed by atoms with Crippen LogP contribution in [-0.4, -0.2) is 50.5 Å². The lowest BCUT2D eigenvalue weighted by Gasteiger charge is -2.23. The van der Waals surface area contributed by atoms with E-state index < -0.39 is 0 Å². The maximum Gasteiger partial charge on any atom is 0.273 e. The minimum atomic E-state index is -0.268. The van der Waals surface area contributed by atoms with Crippen LogP contribution in [0.5, 0.6) is 0 Å². The molecule has 0 aromatic carbocycles. The van der Waals surface area contributed by atoms with E-state index in [0.29, 0.717) is 25.5 Å². The van der Waals surface area contributed by atoms with E-state index in [1.165, 1.54) is 0 Å². The summed E-state index contributed by atoms with van der Waals surface area (Å²) in [5, 5.41) is 9.62. The molecule has 1 atom stereocenters. The van der Waals surface area contributed by atoms with Gasteiger partial charge in [0.25, 0.3) is 5.91 Å². The van der Waals surface area contributed by atoms with Gasteiger partial charge in [-0.3, -0.25) is 4.79 Å². The highest BCUT2D eigenvalue weighted by Gasteiger charge is 2.17. The normalized spacial score (nSPS) is 19.7. The predicted molar refractivity (Wildman–Crippen MR) is 62.2 cm³/mol. The van der Waals surface area contributed by atoms with E-state index in [1.54, 1.807) is 13.2 Å². The molecule has 1 aromatic heterocycles. The van der Waals surface area contributed by atoms with Crippen molar-refractivity contribution >= 4 is 5.91 Å². The van der Waals surface area contributed by atoms with Crippen LogP contribution in [0.15, 0.2) is 10.6 Å². The first-order valence-electron chi connectivity index (χ1n) is 5.84. The number of amides is 1. The number of morpholine rings is 1. The van der Waals surface area contributed by atoms with E-state index in [9.17, 15) is 4.79 Å². The molecule has 7 heteroatoms. The summed E-state index contributed by atoms with van der Waals surface area (Å²) in [6, 6.07) is 1.57. The van der Waals surface area contributed by atoms with Gasteiger partial charge in [-0.05, 0) is 0 Å². The lowest BCUT2D eigenvalue weighted by atomic mass is 10.3. The Labute approximate surface area is 105 Å². The second kappa shape index (κ2) is 6.48. The number of hydrogen-bond acceptors (Lipinski definition) is 6. The Morgan fingerprint density at radius 3 is 3.33 bits per heavy atom. The number of carbonyl (C=O) groups is 1. The molecular weight excluding hydrogens is 238 g/mol. The fourth-order valence-electron chi connectivity index (χ4n) is 1.68. The van der Waals surface area contributed by atoms with Crippen molar-refractivity contribution in [1.29, 1.82) is 0 Å². The van der Waals surface area contributed by atoms with E-state index >= 15 is 0 Å². The van der Waals surface area contributed by atoms with Crippen LogP contribution in [0.25, 0.3) is 0 Å². The Hall–Kier alpha value is -1.44. The van der Waals surface area contributed by atoms with Gasteiger partial charge in [-0.25, -0.2) is 0 Å². The van der Waals surface area contributed by atoms with E-state index in [-0.39, 0.29) is 17.7 Å². The van der Waals surface area contributed by atoms with Crippen molar-refractivity contribution in [1.82, 2.24) is 15.8 Å². The van der Waals surface area contributed by atoms with Gasteiger partial charge < -0.3 is 24.6 Å². The van der Waals surface area contributed by atoms with Crippen LogP contribution in [0, 0.1) is 0 Å². The van der Waals surface area contributed by atoms with Crippen LogP contribution in [0.3, 0.4) is 0 Å². The lowest BCUT2D eigenvalue weighted by Crippen LogP contribution is -2.45. The molecule has 7 nitrogen and oxygen atoms in total. The number of nitrogens with zero attached hydrogens (tertiary/aromatic N) is 1. The summed E-state index contributed by atoms with van der Waals surface area (Å²) >= 11 is 0. The summed E-state index contributed by atoms with van der Waals surface area (Å²) < 4.78 is 15.3. The maximum absolute atomic E-state index is 11.8. The van der Waals surface area contributed by atoms with Crippen molar-refractivity contribution in [3.63, 3.8) is 0 Å². The Morgan fingerprint density at radius 1 is 1.72 bits per heavy atom. The molecule has 0 radical (unpaired) electrons. The number of nitrogens with one attached hydrogen (secondary N) is 2. The maximum atomic E-state index is 11.8. The first-order chi connectivity index (χ1) is 8.79. The third-order valence-electron chi connectivity index (χ3n) is 2.57. The van der Waals surface area contributed by atoms with Gasteiger partial charge in [-0.15, -0.1) is 0 Å². The molecule has 1 unspecified atom stereocenters. The second-order valence-electron chi connectivity index (χ2n) is 4.02. The smallest absolute Gasteiger partial charge is 0.273 e. The van der Waals surface area contributed by atoms with Crippen LogP contribution >= 0.6 is 0 Å². The number of rotatable bonds is 5. The summed E-state index contributed by atoms with van der Waals surface area (Å²) in [6.07, 6.45) is 0.00745. The summed E-state index contributed by atoms with van der Waals surface area (Å²) in [6.45, 7) is 3.03. The quantitative estimate of drug-likeness (QED) is 0.740. The zero-order valence-corrected chi connectivity index (χ0v) is 10.3. The van der Waals surface area contributed by atoms with E-state index in [4.69, 9.17) is 14.0 Å². The Balaban J connectivity index is 1.79. The van der Waals surface area contributed by atoms with E-state index in [2.05, 4.69) is 15.8 Å². The van der Waals surface area contributed by atoms with Gasteiger partial charge >= 0.3 is 0 Å². The van der Waals surface area contributed by atoms with Crippen molar-refractivity contribution in [3.8, 4) is 0 Å². The Bertz CT molecular complexity index is 387. The molecule has 0 saturated carbocycles. The summed E-state index contributed by atoms with van der Waals surface area (Å²) in [5.74, 6) is 0.258. The van der Waals surface area contributed by atoms with Gasteiger partial charge in [0.15, 0.2) is 11.5 Å². The van der Waals surface area contributed by atoms with Gasteiger partial charge in [-0.2, -0.15) is 0 Å². The molecule has 2 heterocycles. The zero-order valence-electron chi connectivity index (χ0n) is 10.3. The van der Waals surface area contributed by atoms with E-state index in [0.717, 1.165) is 13.1 Å². The first-order valence-corrected chi connectivity index (χ1v) is 5.84. The molecule has 1 aromatic rings. The van der Waals surface area contributed by atoms with Gasteiger partial charge in [0.1, 0.15) is 6.61 Å². The third kappa shape index (κ3) is 3.52. The largest absolute Gasteiger partial charge is 0.377 e. The van der Waals surface area contributed by atoms with Crippen molar-refractivity contribution in [2.45, 2.75) is 12.7 Å². The number of ether oxygens (including phenoxy) is 2. The van der Waals surface area contributed by atoms with Gasteiger partial charge in [-0.1, -0.05) is 5.16 Å². The number of methoxy groups -OCH3 is 1. The molecule has 1 aliphatic rings. The molecule has 0 spiro atoms. The topological polar surface area (TPSA) is 85.6 Å². The van der Waals surface area contributed by atoms with Crippen LogP contribution in [-0.2, 0) is 16.1 Å². The van der Waals surface area contributed by atoms with Crippen LogP contribution in [0.4, 0.5) is 0 Å². The number of hydrogen-bond donors (Lipinski definition) is 2. The molecule has 1 amide bonds. The minimum Gasteiger partial charge on any atom is -0.377 e. The molecule has 1 fully saturated rings. The number of carbonyl (C=O) groups excluding carboxylic acids is 1. The van der Waals surface area contributed by atoms with Crippen LogP contribution in [0.1, 0.15) is 16.2 Å². The SMILES string of the molecule is COCc1cc(C(=O)NCC2CNCCO2)no1. The average molecular weight is 255 g/mol. The molecule has 1 saturated heterocycles. The predicted octanol–water partition coefficient (Wildman–Crippen LogP) is -0.461. The molecule has 0 bridgehead atoms. The van der Waals surface area contributed by atoms with Gasteiger partial charge in [0.05, 0.1) is 12.7 Å². The standard InChI is InChI=1S/C11H17N3O4/c1-16-7-8-4-10(14-18-8)11(15)13-6-9-5-12-2-3-17-9/h4,9,12H,2-3,5-7H2,1H3,(H,13,15). The Morgan fingerprint density at radius 2 is 2.61 bits per heavy atom. The fourth-order valence-corrected chi connectivity index (χ4v) is 1.68. The average Bonchev–Trinajstić information content (AvgIpc) is 2.86. The molecule has 1 aliphatic heterocycles.